The molecule has 0 atom stereocenters. The van der Waals surface area contributed by atoms with Gasteiger partial charge in [-0.15, -0.1) is 0 Å². The van der Waals surface area contributed by atoms with Crippen molar-refractivity contribution in [1.29, 1.82) is 0 Å². The second-order valence-corrected chi connectivity index (χ2v) is 5.82. The minimum Gasteiger partial charge on any atom is -0.457 e. The number of ether oxygens (including phenoxy) is 1. The summed E-state index contributed by atoms with van der Waals surface area (Å²) in [5, 5.41) is 3.41. The summed E-state index contributed by atoms with van der Waals surface area (Å²) in [6.45, 7) is 11.2. The molecule has 0 spiro atoms. The molecule has 1 aromatic heterocycles. The molecule has 3 heteroatoms. The van der Waals surface area contributed by atoms with Gasteiger partial charge in [0.2, 0.25) is 0 Å². The summed E-state index contributed by atoms with van der Waals surface area (Å²) in [7, 11) is 0. The summed E-state index contributed by atoms with van der Waals surface area (Å²) >= 11 is 0. The zero-order valence-electron chi connectivity index (χ0n) is 13.5. The van der Waals surface area contributed by atoms with Crippen LogP contribution in [-0.2, 0) is 6.54 Å². The van der Waals surface area contributed by atoms with Crippen molar-refractivity contribution in [2.24, 2.45) is 0 Å². The summed E-state index contributed by atoms with van der Waals surface area (Å²) < 4.78 is 6.08. The Balaban J connectivity index is 2.24. The largest absolute Gasteiger partial charge is 0.457 e. The van der Waals surface area contributed by atoms with E-state index in [0.29, 0.717) is 6.04 Å². The fraction of sp³-hybridized carbons (Fsp3) is 0.389. The van der Waals surface area contributed by atoms with Crippen molar-refractivity contribution in [1.82, 2.24) is 10.3 Å². The predicted molar refractivity (Wildman–Crippen MR) is 86.9 cm³/mol. The summed E-state index contributed by atoms with van der Waals surface area (Å²) in [6.07, 6.45) is 1.89. The minimum atomic E-state index is 0.431. The lowest BCUT2D eigenvalue weighted by Gasteiger charge is -2.14. The number of hydrogen-bond donors (Lipinski definition) is 1. The zero-order valence-corrected chi connectivity index (χ0v) is 13.5. The summed E-state index contributed by atoms with van der Waals surface area (Å²) in [4.78, 5) is 4.37. The quantitative estimate of drug-likeness (QED) is 0.889. The number of hydrogen-bond acceptors (Lipinski definition) is 3. The molecule has 3 nitrogen and oxygen atoms in total. The molecule has 1 N–H and O–H groups in total. The van der Waals surface area contributed by atoms with Crippen molar-refractivity contribution < 1.29 is 4.74 Å². The van der Waals surface area contributed by atoms with Crippen molar-refractivity contribution in [3.05, 3.63) is 52.8 Å². The van der Waals surface area contributed by atoms with Gasteiger partial charge in [0.05, 0.1) is 0 Å². The first-order valence-electron chi connectivity index (χ1n) is 7.39. The van der Waals surface area contributed by atoms with Gasteiger partial charge in [0.15, 0.2) is 0 Å². The molecule has 0 saturated heterocycles. The first kappa shape index (κ1) is 15.5. The number of rotatable bonds is 5. The van der Waals surface area contributed by atoms with Crippen LogP contribution in [0.4, 0.5) is 0 Å². The normalized spacial score (nSPS) is 11.0. The Bertz CT molecular complexity index is 621. The molecule has 0 fully saturated rings. The maximum absolute atomic E-state index is 6.08. The van der Waals surface area contributed by atoms with Crippen LogP contribution in [0.2, 0.25) is 0 Å². The highest BCUT2D eigenvalue weighted by molar-refractivity contribution is 5.40. The number of aryl methyl sites for hydroxylation is 3. The van der Waals surface area contributed by atoms with Crippen LogP contribution in [-0.4, -0.2) is 11.0 Å². The molecule has 112 valence electrons. The molecule has 1 heterocycles. The first-order chi connectivity index (χ1) is 9.95. The van der Waals surface area contributed by atoms with E-state index < -0.39 is 0 Å². The van der Waals surface area contributed by atoms with E-state index in [2.05, 4.69) is 50.1 Å². The van der Waals surface area contributed by atoms with Gasteiger partial charge < -0.3 is 10.1 Å². The number of nitrogens with one attached hydrogen (secondary N) is 1. The van der Waals surface area contributed by atoms with Gasteiger partial charge in [0.25, 0.3) is 0 Å². The van der Waals surface area contributed by atoms with Gasteiger partial charge in [-0.1, -0.05) is 19.9 Å². The Labute approximate surface area is 127 Å². The van der Waals surface area contributed by atoms with Crippen LogP contribution in [0.5, 0.6) is 11.5 Å². The predicted octanol–water partition coefficient (Wildman–Crippen LogP) is 4.30. The molecular formula is C18H24N2O. The second kappa shape index (κ2) is 6.72. The monoisotopic (exact) mass is 284 g/mol. The van der Waals surface area contributed by atoms with E-state index in [1.165, 1.54) is 11.1 Å². The van der Waals surface area contributed by atoms with E-state index in [1.54, 1.807) is 0 Å². The van der Waals surface area contributed by atoms with Crippen molar-refractivity contribution in [3.63, 3.8) is 0 Å². The molecule has 0 bridgehead atoms. The number of benzene rings is 1. The first-order valence-corrected chi connectivity index (χ1v) is 7.39. The zero-order chi connectivity index (χ0) is 15.4. The van der Waals surface area contributed by atoms with Gasteiger partial charge in [-0.2, -0.15) is 0 Å². The molecule has 2 aromatic rings. The average molecular weight is 284 g/mol. The Morgan fingerprint density at radius 2 is 1.86 bits per heavy atom. The van der Waals surface area contributed by atoms with E-state index >= 15 is 0 Å². The van der Waals surface area contributed by atoms with Crippen molar-refractivity contribution in [2.45, 2.75) is 47.2 Å². The smallest absolute Gasteiger partial charge is 0.135 e. The van der Waals surface area contributed by atoms with Gasteiger partial charge >= 0.3 is 0 Å². The highest BCUT2D eigenvalue weighted by Crippen LogP contribution is 2.27. The molecule has 0 amide bonds. The van der Waals surface area contributed by atoms with Gasteiger partial charge in [-0.25, -0.2) is 0 Å². The van der Waals surface area contributed by atoms with Crippen LogP contribution in [0, 0.1) is 20.8 Å². The van der Waals surface area contributed by atoms with E-state index in [1.807, 2.05) is 25.3 Å². The number of aromatic nitrogens is 1. The molecule has 0 aliphatic carbocycles. The van der Waals surface area contributed by atoms with Gasteiger partial charge in [-0.3, -0.25) is 4.98 Å². The molecular weight excluding hydrogens is 260 g/mol. The molecule has 21 heavy (non-hydrogen) atoms. The fourth-order valence-corrected chi connectivity index (χ4v) is 2.01. The van der Waals surface area contributed by atoms with Gasteiger partial charge in [-0.05, 0) is 44.0 Å². The highest BCUT2D eigenvalue weighted by Gasteiger charge is 2.08. The van der Waals surface area contributed by atoms with Crippen LogP contribution >= 0.6 is 0 Å². The van der Waals surface area contributed by atoms with Crippen LogP contribution in [0.3, 0.4) is 0 Å². The molecule has 0 unspecified atom stereocenters. The lowest BCUT2D eigenvalue weighted by molar-refractivity contribution is 0.467. The van der Waals surface area contributed by atoms with E-state index in [4.69, 9.17) is 4.74 Å². The maximum atomic E-state index is 6.08. The van der Waals surface area contributed by atoms with Crippen LogP contribution in [0.1, 0.15) is 36.2 Å². The lowest BCUT2D eigenvalue weighted by Crippen LogP contribution is -2.22. The third-order valence-electron chi connectivity index (χ3n) is 3.49. The highest BCUT2D eigenvalue weighted by atomic mass is 16.5. The average Bonchev–Trinajstić information content (AvgIpc) is 2.42. The van der Waals surface area contributed by atoms with E-state index in [0.717, 1.165) is 29.3 Å². The molecule has 0 aliphatic heterocycles. The minimum absolute atomic E-state index is 0.431. The Morgan fingerprint density at radius 1 is 1.10 bits per heavy atom. The molecule has 1 aromatic carbocycles. The topological polar surface area (TPSA) is 34.1 Å². The number of pyridine rings is 1. The second-order valence-electron chi connectivity index (χ2n) is 5.82. The van der Waals surface area contributed by atoms with Crippen LogP contribution < -0.4 is 10.1 Å². The molecule has 0 saturated carbocycles. The van der Waals surface area contributed by atoms with Gasteiger partial charge in [0.1, 0.15) is 11.5 Å². The van der Waals surface area contributed by atoms with Crippen molar-refractivity contribution >= 4 is 0 Å². The molecule has 2 rings (SSSR count). The van der Waals surface area contributed by atoms with Gasteiger partial charge in [0, 0.05) is 36.1 Å². The Kier molecular flexibility index (Phi) is 4.97. The Morgan fingerprint density at radius 3 is 2.52 bits per heavy atom. The molecule has 0 aliphatic rings. The Hall–Kier alpha value is -1.87. The van der Waals surface area contributed by atoms with Crippen molar-refractivity contribution in [2.75, 3.05) is 0 Å². The van der Waals surface area contributed by atoms with Crippen LogP contribution in [0.25, 0.3) is 0 Å². The van der Waals surface area contributed by atoms with Crippen LogP contribution in [0.15, 0.2) is 30.5 Å². The van der Waals surface area contributed by atoms with E-state index in [9.17, 15) is 0 Å². The summed E-state index contributed by atoms with van der Waals surface area (Å²) in [5.74, 6) is 1.74. The summed E-state index contributed by atoms with van der Waals surface area (Å²) in [5.41, 5.74) is 4.55. The third-order valence-corrected chi connectivity index (χ3v) is 3.49. The SMILES string of the molecule is Cc1cc(Oc2ccc(C)c(C)c2)c(CNC(C)C)cn1. The standard InChI is InChI=1S/C18H24N2O/c1-12(2)19-10-16-11-20-15(5)9-18(16)21-17-7-6-13(3)14(4)8-17/h6-9,11-12,19H,10H2,1-5H3. The maximum Gasteiger partial charge on any atom is 0.135 e. The fourth-order valence-electron chi connectivity index (χ4n) is 2.01. The lowest BCUT2D eigenvalue weighted by atomic mass is 10.1. The van der Waals surface area contributed by atoms with E-state index in [-0.39, 0.29) is 0 Å². The molecule has 0 radical (unpaired) electrons. The third kappa shape index (κ3) is 4.30. The summed E-state index contributed by atoms with van der Waals surface area (Å²) in [6, 6.07) is 8.60. The number of nitrogens with zero attached hydrogens (tertiary/aromatic N) is 1. The van der Waals surface area contributed by atoms with Crippen molar-refractivity contribution in [3.8, 4) is 11.5 Å².